The molecular weight excluding hydrogens is 194 g/mol. The van der Waals surface area contributed by atoms with Gasteiger partial charge in [0, 0.05) is 11.1 Å². The number of nitrogens with zero attached hydrogens (tertiary/aromatic N) is 1. The van der Waals surface area contributed by atoms with Gasteiger partial charge in [-0.3, -0.25) is 4.98 Å². The van der Waals surface area contributed by atoms with Crippen molar-refractivity contribution < 1.29 is 0 Å². The molecule has 1 nitrogen and oxygen atoms in total. The third kappa shape index (κ3) is 1.35. The Balaban J connectivity index is 2.36. The highest BCUT2D eigenvalue weighted by atomic mass is 14.7. The number of pyridine rings is 1. The molecule has 1 aromatic heterocycles. The van der Waals surface area contributed by atoms with Crippen LogP contribution in [0, 0.1) is 6.92 Å². The second-order valence-corrected chi connectivity index (χ2v) is 4.91. The number of fused-ring (bicyclic) bond motifs is 2. The Kier molecular flexibility index (Phi) is 2.20. The van der Waals surface area contributed by atoms with Gasteiger partial charge in [-0.15, -0.1) is 0 Å². The van der Waals surface area contributed by atoms with Crippen LogP contribution in [0.3, 0.4) is 0 Å². The van der Waals surface area contributed by atoms with Gasteiger partial charge < -0.3 is 0 Å². The minimum absolute atomic E-state index is 0.632. The number of hydrogen-bond donors (Lipinski definition) is 0. The van der Waals surface area contributed by atoms with Crippen molar-refractivity contribution in [3.05, 3.63) is 41.1 Å². The lowest BCUT2D eigenvalue weighted by Crippen LogP contribution is -2.11. The maximum Gasteiger partial charge on any atom is 0.0708 e. The highest BCUT2D eigenvalue weighted by Crippen LogP contribution is 2.34. The Morgan fingerprint density at radius 2 is 2.06 bits per heavy atom. The Hall–Kier alpha value is -1.37. The van der Waals surface area contributed by atoms with E-state index in [1.54, 1.807) is 0 Å². The van der Waals surface area contributed by atoms with Gasteiger partial charge >= 0.3 is 0 Å². The minimum atomic E-state index is 0.632. The van der Waals surface area contributed by atoms with Gasteiger partial charge in [-0.1, -0.05) is 25.1 Å². The van der Waals surface area contributed by atoms with Gasteiger partial charge in [0.05, 0.1) is 5.52 Å². The van der Waals surface area contributed by atoms with E-state index in [2.05, 4.69) is 38.1 Å². The number of benzene rings is 1. The van der Waals surface area contributed by atoms with Crippen LogP contribution in [0.2, 0.25) is 0 Å². The molecule has 1 heterocycles. The maximum atomic E-state index is 4.86. The van der Waals surface area contributed by atoms with Crippen molar-refractivity contribution in [2.45, 2.75) is 39.0 Å². The van der Waals surface area contributed by atoms with Gasteiger partial charge in [-0.05, 0) is 49.3 Å². The molecule has 1 aromatic carbocycles. The molecule has 82 valence electrons. The smallest absolute Gasteiger partial charge is 0.0708 e. The Morgan fingerprint density at radius 3 is 2.94 bits per heavy atom. The maximum absolute atomic E-state index is 4.86. The molecule has 0 N–H and O–H groups in total. The molecule has 1 heteroatoms. The van der Waals surface area contributed by atoms with E-state index in [0.717, 1.165) is 5.52 Å². The van der Waals surface area contributed by atoms with E-state index < -0.39 is 0 Å². The summed E-state index contributed by atoms with van der Waals surface area (Å²) in [6, 6.07) is 8.51. The zero-order chi connectivity index (χ0) is 11.1. The Morgan fingerprint density at radius 1 is 1.25 bits per heavy atom. The topological polar surface area (TPSA) is 12.9 Å². The quantitative estimate of drug-likeness (QED) is 0.642. The van der Waals surface area contributed by atoms with Crippen LogP contribution in [0.5, 0.6) is 0 Å². The van der Waals surface area contributed by atoms with Gasteiger partial charge in [0.1, 0.15) is 0 Å². The van der Waals surface area contributed by atoms with Crippen molar-refractivity contribution in [2.24, 2.45) is 0 Å². The second-order valence-electron chi connectivity index (χ2n) is 4.91. The first-order valence-corrected chi connectivity index (χ1v) is 6.15. The fourth-order valence-corrected chi connectivity index (χ4v) is 2.89. The van der Waals surface area contributed by atoms with Crippen molar-refractivity contribution in [3.8, 4) is 0 Å². The van der Waals surface area contributed by atoms with E-state index >= 15 is 0 Å². The van der Waals surface area contributed by atoms with Crippen molar-refractivity contribution in [2.75, 3.05) is 0 Å². The van der Waals surface area contributed by atoms with Crippen LogP contribution >= 0.6 is 0 Å². The van der Waals surface area contributed by atoms with Crippen LogP contribution in [0.1, 0.15) is 42.5 Å². The molecular formula is C15H17N. The molecule has 1 aliphatic carbocycles. The molecule has 3 rings (SSSR count). The highest BCUT2D eigenvalue weighted by molar-refractivity contribution is 5.83. The lowest BCUT2D eigenvalue weighted by molar-refractivity contribution is 0.574. The summed E-state index contributed by atoms with van der Waals surface area (Å²) in [5, 5.41) is 1.33. The van der Waals surface area contributed by atoms with E-state index in [-0.39, 0.29) is 0 Å². The van der Waals surface area contributed by atoms with Crippen LogP contribution in [0.4, 0.5) is 0 Å². The van der Waals surface area contributed by atoms with Crippen molar-refractivity contribution in [1.29, 1.82) is 0 Å². The predicted molar refractivity (Wildman–Crippen MR) is 67.8 cm³/mol. The molecule has 0 bridgehead atoms. The standard InChI is InChI=1S/C15H17N/c1-10-6-5-8-13-11(2)12-7-3-4-9-14(12)16-15(10)13/h3-4,7,9-10H,5-6,8H2,1-2H3. The van der Waals surface area contributed by atoms with Crippen LogP contribution in [-0.4, -0.2) is 4.98 Å². The Bertz CT molecular complexity index is 542. The molecule has 1 atom stereocenters. The molecule has 0 fully saturated rings. The predicted octanol–water partition coefficient (Wildman–Crippen LogP) is 3.98. The molecule has 16 heavy (non-hydrogen) atoms. The van der Waals surface area contributed by atoms with Gasteiger partial charge in [0.15, 0.2) is 0 Å². The van der Waals surface area contributed by atoms with E-state index in [9.17, 15) is 0 Å². The largest absolute Gasteiger partial charge is 0.252 e. The van der Waals surface area contributed by atoms with Gasteiger partial charge in [-0.25, -0.2) is 0 Å². The summed E-state index contributed by atoms with van der Waals surface area (Å²) >= 11 is 0. The average Bonchev–Trinajstić information content (AvgIpc) is 2.31. The summed E-state index contributed by atoms with van der Waals surface area (Å²) in [6.07, 6.45) is 3.82. The summed E-state index contributed by atoms with van der Waals surface area (Å²) in [5.41, 5.74) is 5.47. The zero-order valence-corrected chi connectivity index (χ0v) is 9.96. The molecule has 0 radical (unpaired) electrons. The first-order chi connectivity index (χ1) is 7.77. The van der Waals surface area contributed by atoms with Gasteiger partial charge in [0.2, 0.25) is 0 Å². The number of aryl methyl sites for hydroxylation is 1. The van der Waals surface area contributed by atoms with Crippen LogP contribution in [-0.2, 0) is 6.42 Å². The molecule has 1 aliphatic rings. The third-order valence-corrected chi connectivity index (χ3v) is 3.84. The molecule has 0 saturated carbocycles. The normalized spacial score (nSPS) is 19.8. The molecule has 0 aliphatic heterocycles. The number of rotatable bonds is 0. The number of para-hydroxylation sites is 1. The Labute approximate surface area is 96.5 Å². The van der Waals surface area contributed by atoms with E-state index in [4.69, 9.17) is 4.98 Å². The fraction of sp³-hybridized carbons (Fsp3) is 0.400. The monoisotopic (exact) mass is 211 g/mol. The average molecular weight is 211 g/mol. The molecule has 0 amide bonds. The van der Waals surface area contributed by atoms with Crippen molar-refractivity contribution >= 4 is 10.9 Å². The summed E-state index contributed by atoms with van der Waals surface area (Å²) in [5.74, 6) is 0.632. The molecule has 0 saturated heterocycles. The van der Waals surface area contributed by atoms with Crippen molar-refractivity contribution in [3.63, 3.8) is 0 Å². The van der Waals surface area contributed by atoms with Crippen LogP contribution in [0.15, 0.2) is 24.3 Å². The third-order valence-electron chi connectivity index (χ3n) is 3.84. The van der Waals surface area contributed by atoms with Gasteiger partial charge in [0.25, 0.3) is 0 Å². The zero-order valence-electron chi connectivity index (χ0n) is 9.96. The lowest BCUT2D eigenvalue weighted by Gasteiger charge is -2.24. The highest BCUT2D eigenvalue weighted by Gasteiger charge is 2.20. The SMILES string of the molecule is Cc1c2c(nc3ccccc13)C(C)CCC2. The van der Waals surface area contributed by atoms with E-state index in [1.165, 1.54) is 41.5 Å². The first kappa shape index (κ1) is 9.83. The van der Waals surface area contributed by atoms with Gasteiger partial charge in [-0.2, -0.15) is 0 Å². The minimum Gasteiger partial charge on any atom is -0.252 e. The second kappa shape index (κ2) is 3.58. The number of hydrogen-bond acceptors (Lipinski definition) is 1. The van der Waals surface area contributed by atoms with Crippen LogP contribution < -0.4 is 0 Å². The fourth-order valence-electron chi connectivity index (χ4n) is 2.89. The first-order valence-electron chi connectivity index (χ1n) is 6.15. The van der Waals surface area contributed by atoms with Crippen molar-refractivity contribution in [1.82, 2.24) is 4.98 Å². The number of aromatic nitrogens is 1. The van der Waals surface area contributed by atoms with E-state index in [0.29, 0.717) is 5.92 Å². The summed E-state index contributed by atoms with van der Waals surface area (Å²) in [7, 11) is 0. The summed E-state index contributed by atoms with van der Waals surface area (Å²) in [4.78, 5) is 4.86. The summed E-state index contributed by atoms with van der Waals surface area (Å²) < 4.78 is 0. The lowest BCUT2D eigenvalue weighted by atomic mass is 9.84. The molecule has 1 unspecified atom stereocenters. The molecule has 0 spiro atoms. The molecule has 2 aromatic rings. The van der Waals surface area contributed by atoms with E-state index in [1.807, 2.05) is 0 Å². The summed E-state index contributed by atoms with van der Waals surface area (Å²) in [6.45, 7) is 4.56. The van der Waals surface area contributed by atoms with Crippen LogP contribution in [0.25, 0.3) is 10.9 Å².